The highest BCUT2D eigenvalue weighted by atomic mass is 16.1. The lowest BCUT2D eigenvalue weighted by Crippen LogP contribution is -2.10. The molecule has 1 heterocycles. The summed E-state index contributed by atoms with van der Waals surface area (Å²) in [4.78, 5) is 18.8. The van der Waals surface area contributed by atoms with Crippen LogP contribution in [0.5, 0.6) is 0 Å². The highest BCUT2D eigenvalue weighted by molar-refractivity contribution is 5.93. The minimum atomic E-state index is -0.452. The summed E-state index contributed by atoms with van der Waals surface area (Å²) in [5, 5.41) is 3.04. The van der Waals surface area contributed by atoms with Crippen LogP contribution >= 0.6 is 0 Å². The predicted octanol–water partition coefficient (Wildman–Crippen LogP) is 1.32. The summed E-state index contributed by atoms with van der Waals surface area (Å²) in [5.41, 5.74) is 6.40. The molecule has 2 aromatic rings. The Kier molecular flexibility index (Phi) is 2.77. The van der Waals surface area contributed by atoms with Gasteiger partial charge in [-0.25, -0.2) is 9.97 Å². The first kappa shape index (κ1) is 10.1. The minimum Gasteiger partial charge on any atom is -0.366 e. The van der Waals surface area contributed by atoms with Gasteiger partial charge >= 0.3 is 0 Å². The van der Waals surface area contributed by atoms with E-state index in [0.717, 1.165) is 5.69 Å². The first-order valence-electron chi connectivity index (χ1n) is 4.68. The van der Waals surface area contributed by atoms with Crippen molar-refractivity contribution in [1.29, 1.82) is 0 Å². The largest absolute Gasteiger partial charge is 0.366 e. The highest BCUT2D eigenvalue weighted by Gasteiger charge is 2.01. The summed E-state index contributed by atoms with van der Waals surface area (Å²) in [6.07, 6.45) is 3.08. The fourth-order valence-electron chi connectivity index (χ4n) is 1.26. The van der Waals surface area contributed by atoms with Gasteiger partial charge in [-0.2, -0.15) is 0 Å². The maximum Gasteiger partial charge on any atom is 0.248 e. The highest BCUT2D eigenvalue weighted by Crippen LogP contribution is 2.14. The van der Waals surface area contributed by atoms with Crippen molar-refractivity contribution >= 4 is 17.4 Å². The Balaban J connectivity index is 2.22. The second-order valence-corrected chi connectivity index (χ2v) is 3.16. The fourth-order valence-corrected chi connectivity index (χ4v) is 1.26. The quantitative estimate of drug-likeness (QED) is 0.807. The van der Waals surface area contributed by atoms with Gasteiger partial charge in [0.2, 0.25) is 5.91 Å². The topological polar surface area (TPSA) is 80.9 Å². The summed E-state index contributed by atoms with van der Waals surface area (Å²) < 4.78 is 0. The SMILES string of the molecule is NC(=O)c1cccc(Nc2ccncn2)c1. The van der Waals surface area contributed by atoms with E-state index in [2.05, 4.69) is 15.3 Å². The number of benzene rings is 1. The summed E-state index contributed by atoms with van der Waals surface area (Å²) in [6, 6.07) is 8.65. The summed E-state index contributed by atoms with van der Waals surface area (Å²) >= 11 is 0. The van der Waals surface area contributed by atoms with Crippen molar-refractivity contribution in [2.45, 2.75) is 0 Å². The average molecular weight is 214 g/mol. The monoisotopic (exact) mass is 214 g/mol. The summed E-state index contributed by atoms with van der Waals surface area (Å²) in [6.45, 7) is 0. The molecule has 2 rings (SSSR count). The Morgan fingerprint density at radius 2 is 2.19 bits per heavy atom. The number of nitrogens with one attached hydrogen (secondary N) is 1. The Bertz CT molecular complexity index is 498. The molecule has 0 spiro atoms. The molecule has 1 amide bonds. The molecule has 0 aliphatic rings. The van der Waals surface area contributed by atoms with Crippen molar-refractivity contribution in [3.63, 3.8) is 0 Å². The van der Waals surface area contributed by atoms with E-state index in [0.29, 0.717) is 11.4 Å². The molecule has 5 heteroatoms. The van der Waals surface area contributed by atoms with E-state index >= 15 is 0 Å². The van der Waals surface area contributed by atoms with Crippen molar-refractivity contribution in [2.75, 3.05) is 5.32 Å². The standard InChI is InChI=1S/C11H10N4O/c12-11(16)8-2-1-3-9(6-8)15-10-4-5-13-7-14-10/h1-7H,(H2,12,16)(H,13,14,15). The molecule has 80 valence electrons. The van der Waals surface area contributed by atoms with Gasteiger partial charge in [0.25, 0.3) is 0 Å². The van der Waals surface area contributed by atoms with Gasteiger partial charge in [-0.15, -0.1) is 0 Å². The second-order valence-electron chi connectivity index (χ2n) is 3.16. The van der Waals surface area contributed by atoms with E-state index in [-0.39, 0.29) is 0 Å². The molecule has 0 saturated carbocycles. The van der Waals surface area contributed by atoms with E-state index in [1.54, 1.807) is 30.5 Å². The van der Waals surface area contributed by atoms with Crippen LogP contribution in [0.4, 0.5) is 11.5 Å². The molecule has 0 aliphatic heterocycles. The molecule has 5 nitrogen and oxygen atoms in total. The molecule has 16 heavy (non-hydrogen) atoms. The summed E-state index contributed by atoms with van der Waals surface area (Å²) in [7, 11) is 0. The number of carbonyl (C=O) groups excluding carboxylic acids is 1. The number of hydrogen-bond donors (Lipinski definition) is 2. The van der Waals surface area contributed by atoms with E-state index in [1.807, 2.05) is 6.07 Å². The number of primary amides is 1. The molecule has 0 atom stereocenters. The summed E-state index contributed by atoms with van der Waals surface area (Å²) in [5.74, 6) is 0.211. The molecule has 3 N–H and O–H groups in total. The lowest BCUT2D eigenvalue weighted by atomic mass is 10.2. The number of amides is 1. The first-order valence-corrected chi connectivity index (χ1v) is 4.68. The molecule has 1 aromatic carbocycles. The van der Waals surface area contributed by atoms with Gasteiger partial charge in [0.05, 0.1) is 0 Å². The molecule has 0 bridgehead atoms. The van der Waals surface area contributed by atoms with Crippen molar-refractivity contribution in [2.24, 2.45) is 5.73 Å². The van der Waals surface area contributed by atoms with Gasteiger partial charge in [0.1, 0.15) is 12.1 Å². The van der Waals surface area contributed by atoms with E-state index in [4.69, 9.17) is 5.73 Å². The number of nitrogens with zero attached hydrogens (tertiary/aromatic N) is 2. The van der Waals surface area contributed by atoms with Crippen LogP contribution in [0.3, 0.4) is 0 Å². The fraction of sp³-hybridized carbons (Fsp3) is 0. The molecule has 1 aromatic heterocycles. The van der Waals surface area contributed by atoms with Gasteiger partial charge < -0.3 is 11.1 Å². The molecule has 0 saturated heterocycles. The lowest BCUT2D eigenvalue weighted by Gasteiger charge is -2.05. The number of hydrogen-bond acceptors (Lipinski definition) is 4. The Morgan fingerprint density at radius 3 is 2.88 bits per heavy atom. The van der Waals surface area contributed by atoms with Crippen molar-refractivity contribution in [3.05, 3.63) is 48.4 Å². The van der Waals surface area contributed by atoms with Gasteiger partial charge in [0.15, 0.2) is 0 Å². The molecule has 0 unspecified atom stereocenters. The zero-order valence-electron chi connectivity index (χ0n) is 8.42. The smallest absolute Gasteiger partial charge is 0.248 e. The zero-order chi connectivity index (χ0) is 11.4. The lowest BCUT2D eigenvalue weighted by molar-refractivity contribution is 0.100. The van der Waals surface area contributed by atoms with Gasteiger partial charge in [-0.3, -0.25) is 4.79 Å². The van der Waals surface area contributed by atoms with Crippen LogP contribution in [0, 0.1) is 0 Å². The number of carbonyl (C=O) groups is 1. The maximum atomic E-state index is 11.0. The van der Waals surface area contributed by atoms with Crippen LogP contribution in [0.25, 0.3) is 0 Å². The Labute approximate surface area is 92.3 Å². The van der Waals surface area contributed by atoms with Gasteiger partial charge in [-0.1, -0.05) is 6.07 Å². The Morgan fingerprint density at radius 1 is 1.31 bits per heavy atom. The van der Waals surface area contributed by atoms with Crippen LogP contribution in [0.15, 0.2) is 42.9 Å². The van der Waals surface area contributed by atoms with Gasteiger partial charge in [0, 0.05) is 17.4 Å². The third-order valence-electron chi connectivity index (χ3n) is 2.00. The average Bonchev–Trinajstić information content (AvgIpc) is 2.30. The molecular weight excluding hydrogens is 204 g/mol. The molecular formula is C11H10N4O. The third-order valence-corrected chi connectivity index (χ3v) is 2.00. The van der Waals surface area contributed by atoms with E-state index in [1.165, 1.54) is 6.33 Å². The molecule has 0 radical (unpaired) electrons. The molecule has 0 fully saturated rings. The zero-order valence-corrected chi connectivity index (χ0v) is 8.42. The Hall–Kier alpha value is -2.43. The minimum absolute atomic E-state index is 0.452. The first-order chi connectivity index (χ1) is 7.75. The predicted molar refractivity (Wildman–Crippen MR) is 60.3 cm³/mol. The van der Waals surface area contributed by atoms with E-state index < -0.39 is 5.91 Å². The van der Waals surface area contributed by atoms with Crippen molar-refractivity contribution in [3.8, 4) is 0 Å². The third kappa shape index (κ3) is 2.33. The normalized spacial score (nSPS) is 9.75. The van der Waals surface area contributed by atoms with Crippen molar-refractivity contribution < 1.29 is 4.79 Å². The molecule has 0 aliphatic carbocycles. The number of anilines is 2. The second kappa shape index (κ2) is 4.39. The number of nitrogens with two attached hydrogens (primary N) is 1. The van der Waals surface area contributed by atoms with Crippen LogP contribution in [-0.4, -0.2) is 15.9 Å². The number of aromatic nitrogens is 2. The number of rotatable bonds is 3. The maximum absolute atomic E-state index is 11.0. The van der Waals surface area contributed by atoms with Crippen LogP contribution in [-0.2, 0) is 0 Å². The van der Waals surface area contributed by atoms with Crippen LogP contribution in [0.2, 0.25) is 0 Å². The van der Waals surface area contributed by atoms with Crippen LogP contribution in [0.1, 0.15) is 10.4 Å². The van der Waals surface area contributed by atoms with Crippen LogP contribution < -0.4 is 11.1 Å². The van der Waals surface area contributed by atoms with Crippen molar-refractivity contribution in [1.82, 2.24) is 9.97 Å². The van der Waals surface area contributed by atoms with Gasteiger partial charge in [-0.05, 0) is 24.3 Å². The van der Waals surface area contributed by atoms with E-state index in [9.17, 15) is 4.79 Å².